The van der Waals surface area contributed by atoms with Gasteiger partial charge in [-0.3, -0.25) is 9.59 Å². The standard InChI is InChI=1S/C20H19ClFN3O5S/c1-11-4-5-12(7-14(11)22)23-20(27)16-3-2-6-25(16)31(28,29)18-9-17-15(8-13(18)21)24-19(26)10-30-17/h4-5,7-9,16H,2-3,6,10H2,1H3,(H,23,27)(H,24,26)/t16-/m1/s1. The minimum atomic E-state index is -4.14. The summed E-state index contributed by atoms with van der Waals surface area (Å²) in [6.45, 7) is 1.49. The number of sulfonamides is 1. The smallest absolute Gasteiger partial charge is 0.262 e. The highest BCUT2D eigenvalue weighted by molar-refractivity contribution is 7.89. The molecule has 1 fully saturated rings. The van der Waals surface area contributed by atoms with Gasteiger partial charge in [-0.1, -0.05) is 17.7 Å². The Labute approximate surface area is 183 Å². The van der Waals surface area contributed by atoms with Gasteiger partial charge in [0.2, 0.25) is 15.9 Å². The molecule has 0 spiro atoms. The molecule has 2 aliphatic heterocycles. The van der Waals surface area contributed by atoms with E-state index in [0.717, 1.165) is 4.31 Å². The number of anilines is 2. The number of benzene rings is 2. The summed E-state index contributed by atoms with van der Waals surface area (Å²) in [6.07, 6.45) is 0.795. The van der Waals surface area contributed by atoms with Gasteiger partial charge in [-0.15, -0.1) is 0 Å². The second kappa shape index (κ2) is 8.10. The molecule has 2 N–H and O–H groups in total. The Balaban J connectivity index is 1.61. The second-order valence-electron chi connectivity index (χ2n) is 7.34. The quantitative estimate of drug-likeness (QED) is 0.719. The lowest BCUT2D eigenvalue weighted by molar-refractivity contribution is -0.119. The lowest BCUT2D eigenvalue weighted by Gasteiger charge is -2.25. The Kier molecular flexibility index (Phi) is 5.63. The first kappa shape index (κ1) is 21.5. The van der Waals surface area contributed by atoms with Crippen LogP contribution in [-0.4, -0.2) is 43.7 Å². The molecule has 2 aromatic rings. The van der Waals surface area contributed by atoms with Crippen LogP contribution in [-0.2, 0) is 19.6 Å². The summed E-state index contributed by atoms with van der Waals surface area (Å²) >= 11 is 6.21. The molecule has 31 heavy (non-hydrogen) atoms. The summed E-state index contributed by atoms with van der Waals surface area (Å²) in [6, 6.07) is 5.85. The molecule has 1 atom stereocenters. The molecule has 0 radical (unpaired) electrons. The molecule has 2 aromatic carbocycles. The summed E-state index contributed by atoms with van der Waals surface area (Å²) in [4.78, 5) is 24.1. The van der Waals surface area contributed by atoms with Gasteiger partial charge in [0.15, 0.2) is 6.61 Å². The maximum atomic E-state index is 13.8. The van der Waals surface area contributed by atoms with Gasteiger partial charge in [0.25, 0.3) is 5.91 Å². The zero-order valence-electron chi connectivity index (χ0n) is 16.4. The molecular weight excluding hydrogens is 449 g/mol. The molecule has 2 amide bonds. The molecule has 4 rings (SSSR count). The average Bonchev–Trinajstić information content (AvgIpc) is 3.21. The Hall–Kier alpha value is -2.69. The molecule has 8 nitrogen and oxygen atoms in total. The highest BCUT2D eigenvalue weighted by Gasteiger charge is 2.41. The number of nitrogens with zero attached hydrogens (tertiary/aromatic N) is 1. The number of halogens is 2. The summed E-state index contributed by atoms with van der Waals surface area (Å²) in [5, 5.41) is 5.04. The summed E-state index contributed by atoms with van der Waals surface area (Å²) in [5.74, 6) is -1.22. The number of nitrogens with one attached hydrogen (secondary N) is 2. The van der Waals surface area contributed by atoms with Gasteiger partial charge >= 0.3 is 0 Å². The van der Waals surface area contributed by atoms with Crippen LogP contribution in [0.4, 0.5) is 15.8 Å². The Morgan fingerprint density at radius 1 is 1.32 bits per heavy atom. The zero-order valence-corrected chi connectivity index (χ0v) is 18.0. The van der Waals surface area contributed by atoms with Crippen LogP contribution in [0.1, 0.15) is 18.4 Å². The van der Waals surface area contributed by atoms with Crippen molar-refractivity contribution in [2.24, 2.45) is 0 Å². The van der Waals surface area contributed by atoms with E-state index in [1.165, 1.54) is 24.3 Å². The van der Waals surface area contributed by atoms with Gasteiger partial charge in [-0.05, 0) is 43.5 Å². The van der Waals surface area contributed by atoms with Gasteiger partial charge in [0, 0.05) is 18.3 Å². The molecule has 2 heterocycles. The normalized spacial score (nSPS) is 18.8. The number of ether oxygens (including phenoxy) is 1. The van der Waals surface area contributed by atoms with E-state index < -0.39 is 27.8 Å². The van der Waals surface area contributed by atoms with Crippen LogP contribution >= 0.6 is 11.6 Å². The molecule has 0 saturated carbocycles. The van der Waals surface area contributed by atoms with Crippen LogP contribution in [0.25, 0.3) is 0 Å². The maximum absolute atomic E-state index is 13.8. The molecule has 1 saturated heterocycles. The molecule has 0 aromatic heterocycles. The van der Waals surface area contributed by atoms with Crippen molar-refractivity contribution in [1.82, 2.24) is 4.31 Å². The fraction of sp³-hybridized carbons (Fsp3) is 0.300. The van der Waals surface area contributed by atoms with E-state index in [0.29, 0.717) is 18.4 Å². The van der Waals surface area contributed by atoms with Gasteiger partial charge in [0.05, 0.1) is 10.7 Å². The lowest BCUT2D eigenvalue weighted by Crippen LogP contribution is -2.43. The number of rotatable bonds is 4. The van der Waals surface area contributed by atoms with Crippen LogP contribution in [0, 0.1) is 12.7 Å². The molecule has 2 aliphatic rings. The van der Waals surface area contributed by atoms with Crippen molar-refractivity contribution in [2.45, 2.75) is 30.7 Å². The third kappa shape index (κ3) is 4.10. The highest BCUT2D eigenvalue weighted by Crippen LogP contribution is 2.38. The summed E-state index contributed by atoms with van der Waals surface area (Å²) in [7, 11) is -4.14. The predicted molar refractivity (Wildman–Crippen MR) is 112 cm³/mol. The SMILES string of the molecule is Cc1ccc(NC(=O)[C@H]2CCCN2S(=O)(=O)c2cc3c(cc2Cl)NC(=O)CO3)cc1F. The second-order valence-corrected chi connectivity index (χ2v) is 9.61. The number of aryl methyl sites for hydroxylation is 1. The topological polar surface area (TPSA) is 105 Å². The number of carbonyl (C=O) groups is 2. The van der Waals surface area contributed by atoms with Crippen LogP contribution in [0.3, 0.4) is 0 Å². The fourth-order valence-corrected chi connectivity index (χ4v) is 5.77. The maximum Gasteiger partial charge on any atom is 0.262 e. The first-order valence-electron chi connectivity index (χ1n) is 9.52. The third-order valence-electron chi connectivity index (χ3n) is 5.20. The minimum Gasteiger partial charge on any atom is -0.482 e. The first-order valence-corrected chi connectivity index (χ1v) is 11.3. The average molecular weight is 468 g/mol. The Bertz CT molecular complexity index is 1190. The van der Waals surface area contributed by atoms with Gasteiger partial charge < -0.3 is 15.4 Å². The number of carbonyl (C=O) groups excluding carboxylic acids is 2. The van der Waals surface area contributed by atoms with E-state index in [9.17, 15) is 22.4 Å². The van der Waals surface area contributed by atoms with E-state index in [-0.39, 0.29) is 46.1 Å². The number of amides is 2. The third-order valence-corrected chi connectivity index (χ3v) is 7.57. The lowest BCUT2D eigenvalue weighted by atomic mass is 10.2. The zero-order chi connectivity index (χ0) is 22.3. The van der Waals surface area contributed by atoms with Gasteiger partial charge in [-0.25, -0.2) is 12.8 Å². The number of hydrogen-bond donors (Lipinski definition) is 2. The van der Waals surface area contributed by atoms with Crippen molar-refractivity contribution < 1.29 is 27.1 Å². The first-order chi connectivity index (χ1) is 14.7. The van der Waals surface area contributed by atoms with Crippen molar-refractivity contribution in [2.75, 3.05) is 23.8 Å². The Morgan fingerprint density at radius 3 is 2.84 bits per heavy atom. The number of hydrogen-bond acceptors (Lipinski definition) is 5. The van der Waals surface area contributed by atoms with Gasteiger partial charge in [0.1, 0.15) is 22.5 Å². The molecule has 0 aliphatic carbocycles. The van der Waals surface area contributed by atoms with Crippen molar-refractivity contribution in [3.8, 4) is 5.75 Å². The van der Waals surface area contributed by atoms with E-state index in [1.54, 1.807) is 13.0 Å². The van der Waals surface area contributed by atoms with Crippen molar-refractivity contribution in [3.05, 3.63) is 46.7 Å². The molecule has 164 valence electrons. The predicted octanol–water partition coefficient (Wildman–Crippen LogP) is 2.91. The van der Waals surface area contributed by atoms with E-state index in [1.807, 2.05) is 0 Å². The van der Waals surface area contributed by atoms with E-state index in [4.69, 9.17) is 16.3 Å². The molecule has 11 heteroatoms. The Morgan fingerprint density at radius 2 is 2.10 bits per heavy atom. The van der Waals surface area contributed by atoms with Crippen molar-refractivity contribution in [3.63, 3.8) is 0 Å². The molecule has 0 unspecified atom stereocenters. The van der Waals surface area contributed by atoms with Crippen molar-refractivity contribution in [1.29, 1.82) is 0 Å². The minimum absolute atomic E-state index is 0.101. The molecule has 0 bridgehead atoms. The number of fused-ring (bicyclic) bond motifs is 1. The fourth-order valence-electron chi connectivity index (χ4n) is 3.59. The van der Waals surface area contributed by atoms with Crippen LogP contribution in [0.5, 0.6) is 5.75 Å². The summed E-state index contributed by atoms with van der Waals surface area (Å²) in [5.41, 5.74) is 0.953. The molecular formula is C20H19ClFN3O5S. The highest BCUT2D eigenvalue weighted by atomic mass is 35.5. The van der Waals surface area contributed by atoms with Crippen LogP contribution < -0.4 is 15.4 Å². The van der Waals surface area contributed by atoms with Gasteiger partial charge in [-0.2, -0.15) is 4.31 Å². The van der Waals surface area contributed by atoms with Crippen molar-refractivity contribution >= 4 is 44.8 Å². The summed E-state index contributed by atoms with van der Waals surface area (Å²) < 4.78 is 46.8. The largest absolute Gasteiger partial charge is 0.482 e. The monoisotopic (exact) mass is 467 g/mol. The van der Waals surface area contributed by atoms with E-state index in [2.05, 4.69) is 10.6 Å². The van der Waals surface area contributed by atoms with Crippen LogP contribution in [0.2, 0.25) is 5.02 Å². The van der Waals surface area contributed by atoms with E-state index >= 15 is 0 Å². The van der Waals surface area contributed by atoms with Crippen LogP contribution in [0.15, 0.2) is 35.2 Å².